The summed E-state index contributed by atoms with van der Waals surface area (Å²) in [7, 11) is -0.434. The monoisotopic (exact) mass is 154 g/mol. The molecule has 0 bridgehead atoms. The molecule has 0 aromatic heterocycles. The first kappa shape index (κ1) is 8.68. The molecule has 0 radical (unpaired) electrons. The maximum atomic E-state index is 9.24. The van der Waals surface area contributed by atoms with Crippen LogP contribution in [-0.4, -0.2) is 35.5 Å². The van der Waals surface area contributed by atoms with Gasteiger partial charge in [-0.15, -0.1) is 0 Å². The summed E-state index contributed by atoms with van der Waals surface area (Å²) >= 11 is 0. The molecule has 0 aromatic carbocycles. The lowest BCUT2D eigenvalue weighted by atomic mass is 9.84. The van der Waals surface area contributed by atoms with E-state index in [2.05, 4.69) is 5.11 Å². The Labute approximate surface area is 67.2 Å². The molecule has 1 saturated heterocycles. The van der Waals surface area contributed by atoms with Crippen LogP contribution in [0.4, 0.5) is 0 Å². The van der Waals surface area contributed by atoms with Crippen LogP contribution in [0, 0.1) is 0 Å². The SMILES string of the molecule is CB(O)N1C[C@H](N=[N-])C[C@@H]1C. The second-order valence-electron chi connectivity index (χ2n) is 3.18. The van der Waals surface area contributed by atoms with Crippen molar-refractivity contribution in [2.24, 2.45) is 5.11 Å². The molecule has 1 N–H and O–H groups in total. The largest absolute Gasteiger partial charge is 0.712 e. The van der Waals surface area contributed by atoms with Gasteiger partial charge in [0, 0.05) is 18.6 Å². The van der Waals surface area contributed by atoms with Crippen molar-refractivity contribution in [3.05, 3.63) is 5.53 Å². The van der Waals surface area contributed by atoms with Gasteiger partial charge in [-0.3, -0.25) is 0 Å². The average Bonchev–Trinajstić information content (AvgIpc) is 2.30. The van der Waals surface area contributed by atoms with Gasteiger partial charge in [0.1, 0.15) is 0 Å². The predicted molar refractivity (Wildman–Crippen MR) is 44.2 cm³/mol. The maximum absolute atomic E-state index is 9.24. The number of hydrogen-bond acceptors (Lipinski definition) is 3. The van der Waals surface area contributed by atoms with Gasteiger partial charge >= 0.3 is 7.05 Å². The minimum atomic E-state index is -0.434. The normalized spacial score (nSPS) is 32.3. The van der Waals surface area contributed by atoms with Crippen LogP contribution in [0.3, 0.4) is 0 Å². The molecule has 62 valence electrons. The van der Waals surface area contributed by atoms with E-state index < -0.39 is 7.05 Å². The van der Waals surface area contributed by atoms with Crippen molar-refractivity contribution >= 4 is 7.05 Å². The Balaban J connectivity index is 2.51. The first-order valence-electron chi connectivity index (χ1n) is 3.93. The van der Waals surface area contributed by atoms with Gasteiger partial charge in [-0.05, 0) is 13.2 Å². The first-order chi connectivity index (χ1) is 5.15. The molecule has 0 amide bonds. The van der Waals surface area contributed by atoms with E-state index >= 15 is 0 Å². The molecule has 0 aliphatic carbocycles. The van der Waals surface area contributed by atoms with Crippen molar-refractivity contribution in [3.8, 4) is 0 Å². The molecule has 1 fully saturated rings. The van der Waals surface area contributed by atoms with E-state index in [1.54, 1.807) is 6.82 Å². The summed E-state index contributed by atoms with van der Waals surface area (Å²) in [5.41, 5.74) is 8.50. The van der Waals surface area contributed by atoms with Crippen molar-refractivity contribution in [2.45, 2.75) is 32.3 Å². The Morgan fingerprint density at radius 3 is 2.64 bits per heavy atom. The summed E-state index contributed by atoms with van der Waals surface area (Å²) in [4.78, 5) is 1.92. The standard InChI is InChI=1S/C6H13BN3O/c1-5-3-6(9-8)4-10(5)7(2)11/h5-6,11H,3-4H2,1-2H3/q-1/t5-,6+/m0/s1. The molecule has 11 heavy (non-hydrogen) atoms. The van der Waals surface area contributed by atoms with Gasteiger partial charge in [0.15, 0.2) is 0 Å². The fraction of sp³-hybridized carbons (Fsp3) is 1.00. The molecule has 2 atom stereocenters. The lowest BCUT2D eigenvalue weighted by Gasteiger charge is -2.20. The number of rotatable bonds is 2. The molecule has 0 aromatic rings. The van der Waals surface area contributed by atoms with Gasteiger partial charge in [-0.1, -0.05) is 6.92 Å². The molecule has 4 nitrogen and oxygen atoms in total. The molecule has 1 aliphatic heterocycles. The van der Waals surface area contributed by atoms with Crippen LogP contribution < -0.4 is 0 Å². The van der Waals surface area contributed by atoms with Crippen LogP contribution >= 0.6 is 0 Å². The Bertz CT molecular complexity index is 153. The fourth-order valence-electron chi connectivity index (χ4n) is 1.63. The Kier molecular flexibility index (Phi) is 2.62. The van der Waals surface area contributed by atoms with E-state index in [1.807, 2.05) is 11.7 Å². The zero-order chi connectivity index (χ0) is 8.43. The highest BCUT2D eigenvalue weighted by atomic mass is 16.2. The van der Waals surface area contributed by atoms with Gasteiger partial charge in [0.05, 0.1) is 0 Å². The van der Waals surface area contributed by atoms with Crippen LogP contribution in [0.25, 0.3) is 5.53 Å². The van der Waals surface area contributed by atoms with Crippen molar-refractivity contribution in [1.29, 1.82) is 0 Å². The molecule has 1 heterocycles. The minimum Gasteiger partial charge on any atom is -0.712 e. The van der Waals surface area contributed by atoms with Crippen LogP contribution in [0.15, 0.2) is 5.11 Å². The number of hydrogen-bond donors (Lipinski definition) is 1. The molecule has 0 saturated carbocycles. The Morgan fingerprint density at radius 1 is 1.73 bits per heavy atom. The van der Waals surface area contributed by atoms with E-state index in [9.17, 15) is 5.02 Å². The third kappa shape index (κ3) is 1.78. The second-order valence-corrected chi connectivity index (χ2v) is 3.18. The van der Waals surface area contributed by atoms with Crippen LogP contribution in [0.5, 0.6) is 0 Å². The second kappa shape index (κ2) is 3.32. The van der Waals surface area contributed by atoms with E-state index in [-0.39, 0.29) is 6.04 Å². The zero-order valence-corrected chi connectivity index (χ0v) is 6.94. The lowest BCUT2D eigenvalue weighted by Crippen LogP contribution is -2.39. The van der Waals surface area contributed by atoms with Crippen molar-refractivity contribution < 1.29 is 5.02 Å². The van der Waals surface area contributed by atoms with Gasteiger partial charge in [-0.25, -0.2) is 0 Å². The minimum absolute atomic E-state index is 0.0143. The van der Waals surface area contributed by atoms with Crippen molar-refractivity contribution in [3.63, 3.8) is 0 Å². The van der Waals surface area contributed by atoms with Gasteiger partial charge in [0.25, 0.3) is 0 Å². The fourth-order valence-corrected chi connectivity index (χ4v) is 1.63. The molecule has 5 heteroatoms. The Hall–Kier alpha value is -0.415. The predicted octanol–water partition coefficient (Wildman–Crippen LogP) is 0.581. The molecule has 1 aliphatic rings. The summed E-state index contributed by atoms with van der Waals surface area (Å²) in [5, 5.41) is 12.5. The molecule has 0 spiro atoms. The smallest absolute Gasteiger partial charge is 0.376 e. The highest BCUT2D eigenvalue weighted by Crippen LogP contribution is 2.20. The highest BCUT2D eigenvalue weighted by Gasteiger charge is 2.31. The molecule has 0 unspecified atom stereocenters. The first-order valence-corrected chi connectivity index (χ1v) is 3.93. The van der Waals surface area contributed by atoms with Crippen LogP contribution in [-0.2, 0) is 0 Å². The van der Waals surface area contributed by atoms with E-state index in [0.717, 1.165) is 6.42 Å². The summed E-state index contributed by atoms with van der Waals surface area (Å²) in [6.45, 7) is 4.42. The summed E-state index contributed by atoms with van der Waals surface area (Å²) in [6, 6.07) is 0.301. The van der Waals surface area contributed by atoms with Crippen LogP contribution in [0.1, 0.15) is 13.3 Å². The van der Waals surface area contributed by atoms with Crippen molar-refractivity contribution in [2.75, 3.05) is 6.54 Å². The average molecular weight is 154 g/mol. The third-order valence-corrected chi connectivity index (χ3v) is 2.24. The van der Waals surface area contributed by atoms with Crippen molar-refractivity contribution in [1.82, 2.24) is 4.81 Å². The lowest BCUT2D eigenvalue weighted by molar-refractivity contribution is 0.361. The molecular weight excluding hydrogens is 141 g/mol. The van der Waals surface area contributed by atoms with E-state index in [1.165, 1.54) is 0 Å². The third-order valence-electron chi connectivity index (χ3n) is 2.24. The molecule has 1 rings (SSSR count). The van der Waals surface area contributed by atoms with Gasteiger partial charge < -0.3 is 20.5 Å². The van der Waals surface area contributed by atoms with Gasteiger partial charge in [-0.2, -0.15) is 0 Å². The topological polar surface area (TPSA) is 58.1 Å². The zero-order valence-electron chi connectivity index (χ0n) is 6.94. The van der Waals surface area contributed by atoms with Crippen LogP contribution in [0.2, 0.25) is 6.82 Å². The van der Waals surface area contributed by atoms with E-state index in [4.69, 9.17) is 5.53 Å². The Morgan fingerprint density at radius 2 is 2.36 bits per heavy atom. The quantitative estimate of drug-likeness (QED) is 0.467. The maximum Gasteiger partial charge on any atom is 0.376 e. The van der Waals surface area contributed by atoms with Gasteiger partial charge in [0.2, 0.25) is 0 Å². The molecular formula is C6H13BN3O-. The summed E-state index contributed by atoms with van der Waals surface area (Å²) in [5.74, 6) is 0. The highest BCUT2D eigenvalue weighted by molar-refractivity contribution is 6.45. The number of nitrogens with zero attached hydrogens (tertiary/aromatic N) is 3. The summed E-state index contributed by atoms with van der Waals surface area (Å²) < 4.78 is 0. The summed E-state index contributed by atoms with van der Waals surface area (Å²) in [6.07, 6.45) is 0.835. The van der Waals surface area contributed by atoms with E-state index in [0.29, 0.717) is 12.6 Å².